The Bertz CT molecular complexity index is 142. The number of thioether (sulfide) groups is 1. The van der Waals surface area contributed by atoms with Crippen LogP contribution in [0.3, 0.4) is 0 Å². The van der Waals surface area contributed by atoms with Crippen molar-refractivity contribution < 1.29 is 4.79 Å². The number of carbonyl (C=O) groups is 1. The third-order valence-corrected chi connectivity index (χ3v) is 2.51. The highest BCUT2D eigenvalue weighted by Gasteiger charge is 1.97. The van der Waals surface area contributed by atoms with Crippen molar-refractivity contribution in [3.05, 3.63) is 0 Å². The van der Waals surface area contributed by atoms with Crippen molar-refractivity contribution in [3.63, 3.8) is 0 Å². The van der Waals surface area contributed by atoms with Crippen LogP contribution in [-0.4, -0.2) is 37.6 Å². The molecule has 0 heterocycles. The maximum Gasteiger partial charge on any atom is 0.233 e. The lowest BCUT2D eigenvalue weighted by molar-refractivity contribution is -0.120. The minimum absolute atomic E-state index is 0.108. The summed E-state index contributed by atoms with van der Waals surface area (Å²) in [5.41, 5.74) is 0. The van der Waals surface area contributed by atoms with Gasteiger partial charge in [0, 0.05) is 6.54 Å². The van der Waals surface area contributed by atoms with Gasteiger partial charge in [-0.05, 0) is 37.8 Å². The van der Waals surface area contributed by atoms with Crippen molar-refractivity contribution >= 4 is 17.7 Å². The van der Waals surface area contributed by atoms with E-state index in [-0.39, 0.29) is 5.91 Å². The van der Waals surface area contributed by atoms with Crippen molar-refractivity contribution in [2.75, 3.05) is 31.6 Å². The number of rotatable bonds is 9. The van der Waals surface area contributed by atoms with Crippen molar-refractivity contribution in [2.24, 2.45) is 0 Å². The first-order valence-corrected chi connectivity index (χ1v) is 6.67. The maximum absolute atomic E-state index is 11.1. The first kappa shape index (κ1) is 13.8. The lowest BCUT2D eigenvalue weighted by Crippen LogP contribution is -2.34. The molecular weight excluding hydrogens is 196 g/mol. The van der Waals surface area contributed by atoms with Crippen molar-refractivity contribution in [2.45, 2.75) is 26.2 Å². The molecule has 1 amide bonds. The van der Waals surface area contributed by atoms with Crippen molar-refractivity contribution in [1.29, 1.82) is 0 Å². The summed E-state index contributed by atoms with van der Waals surface area (Å²) in [5, 5.41) is 5.96. The normalized spacial score (nSPS) is 10.1. The van der Waals surface area contributed by atoms with Gasteiger partial charge in [0.15, 0.2) is 0 Å². The predicted octanol–water partition coefficient (Wildman–Crippen LogP) is 1.25. The lowest BCUT2D eigenvalue weighted by Gasteiger charge is -2.05. The van der Waals surface area contributed by atoms with E-state index in [2.05, 4.69) is 23.8 Å². The second kappa shape index (κ2) is 10.9. The second-order valence-corrected chi connectivity index (χ2v) is 4.21. The van der Waals surface area contributed by atoms with Crippen LogP contribution in [0.5, 0.6) is 0 Å². The zero-order chi connectivity index (χ0) is 10.6. The fraction of sp³-hybridized carbons (Fsp3) is 0.900. The van der Waals surface area contributed by atoms with E-state index in [1.54, 1.807) is 0 Å². The summed E-state index contributed by atoms with van der Waals surface area (Å²) >= 11 is 1.87. The summed E-state index contributed by atoms with van der Waals surface area (Å²) in [6.07, 6.45) is 5.50. The van der Waals surface area contributed by atoms with Gasteiger partial charge in [-0.3, -0.25) is 4.79 Å². The summed E-state index contributed by atoms with van der Waals surface area (Å²) in [6, 6.07) is 0. The Morgan fingerprint density at radius 3 is 2.71 bits per heavy atom. The molecule has 2 N–H and O–H groups in total. The van der Waals surface area contributed by atoms with E-state index < -0.39 is 0 Å². The number of hydrogen-bond donors (Lipinski definition) is 2. The Kier molecular flexibility index (Phi) is 10.7. The average molecular weight is 218 g/mol. The third kappa shape index (κ3) is 9.86. The maximum atomic E-state index is 11.1. The number of hydrogen-bond acceptors (Lipinski definition) is 3. The summed E-state index contributed by atoms with van der Waals surface area (Å²) in [7, 11) is 0. The third-order valence-electron chi connectivity index (χ3n) is 1.81. The molecule has 0 aromatic carbocycles. The molecular formula is C10H22N2OS. The van der Waals surface area contributed by atoms with Crippen molar-refractivity contribution in [1.82, 2.24) is 10.6 Å². The van der Waals surface area contributed by atoms with Crippen molar-refractivity contribution in [3.8, 4) is 0 Å². The van der Waals surface area contributed by atoms with Crippen LogP contribution < -0.4 is 10.6 Å². The quantitative estimate of drug-likeness (QED) is 0.572. The molecule has 0 aromatic rings. The van der Waals surface area contributed by atoms with Crippen LogP contribution in [0.1, 0.15) is 26.2 Å². The summed E-state index contributed by atoms with van der Waals surface area (Å²) in [6.45, 7) is 4.24. The van der Waals surface area contributed by atoms with Gasteiger partial charge in [-0.2, -0.15) is 11.8 Å². The average Bonchev–Trinajstić information content (AvgIpc) is 2.20. The minimum Gasteiger partial charge on any atom is -0.355 e. The molecule has 3 nitrogen and oxygen atoms in total. The first-order valence-electron chi connectivity index (χ1n) is 5.27. The molecule has 0 atom stereocenters. The summed E-state index contributed by atoms with van der Waals surface area (Å²) in [4.78, 5) is 11.1. The largest absolute Gasteiger partial charge is 0.355 e. The molecule has 0 saturated heterocycles. The fourth-order valence-electron chi connectivity index (χ4n) is 1.03. The number of amides is 1. The van der Waals surface area contributed by atoms with E-state index in [0.29, 0.717) is 6.54 Å². The Hall–Kier alpha value is -0.220. The summed E-state index contributed by atoms with van der Waals surface area (Å²) < 4.78 is 0. The van der Waals surface area contributed by atoms with Gasteiger partial charge in [0.05, 0.1) is 6.54 Å². The highest BCUT2D eigenvalue weighted by Crippen LogP contribution is 1.97. The van der Waals surface area contributed by atoms with Gasteiger partial charge in [0.2, 0.25) is 5.91 Å². The molecule has 0 aliphatic carbocycles. The lowest BCUT2D eigenvalue weighted by atomic mass is 10.3. The monoisotopic (exact) mass is 218 g/mol. The highest BCUT2D eigenvalue weighted by atomic mass is 32.2. The zero-order valence-corrected chi connectivity index (χ0v) is 10.1. The van der Waals surface area contributed by atoms with Crippen LogP contribution in [-0.2, 0) is 4.79 Å². The Balaban J connectivity index is 3.07. The zero-order valence-electron chi connectivity index (χ0n) is 9.27. The van der Waals surface area contributed by atoms with Crippen LogP contribution in [0.2, 0.25) is 0 Å². The predicted molar refractivity (Wildman–Crippen MR) is 63.8 cm³/mol. The molecule has 0 unspecified atom stereocenters. The molecule has 0 aliphatic rings. The van der Waals surface area contributed by atoms with Gasteiger partial charge in [0.25, 0.3) is 0 Å². The fourth-order valence-corrected chi connectivity index (χ4v) is 1.52. The number of carbonyl (C=O) groups excluding carboxylic acids is 1. The highest BCUT2D eigenvalue weighted by molar-refractivity contribution is 7.98. The molecule has 4 heteroatoms. The Morgan fingerprint density at radius 1 is 1.29 bits per heavy atom. The molecule has 0 aromatic heterocycles. The standard InChI is InChI=1S/C10H22N2OS/c1-3-6-12-10(13)9-11-7-4-5-8-14-2/h11H,3-9H2,1-2H3,(H,12,13). The SMILES string of the molecule is CCCNC(=O)CNCCCCSC. The van der Waals surface area contributed by atoms with Gasteiger partial charge in [-0.15, -0.1) is 0 Å². The second-order valence-electron chi connectivity index (χ2n) is 3.23. The molecule has 14 heavy (non-hydrogen) atoms. The number of unbranched alkanes of at least 4 members (excludes halogenated alkanes) is 1. The smallest absolute Gasteiger partial charge is 0.233 e. The van der Waals surface area contributed by atoms with E-state index in [1.165, 1.54) is 12.2 Å². The van der Waals surface area contributed by atoms with Crippen LogP contribution in [0.4, 0.5) is 0 Å². The van der Waals surface area contributed by atoms with E-state index in [0.717, 1.165) is 25.9 Å². The molecule has 0 rings (SSSR count). The topological polar surface area (TPSA) is 41.1 Å². The van der Waals surface area contributed by atoms with Gasteiger partial charge in [-0.25, -0.2) is 0 Å². The molecule has 0 aliphatic heterocycles. The Labute approximate surface area is 91.4 Å². The molecule has 84 valence electrons. The van der Waals surface area contributed by atoms with E-state index in [9.17, 15) is 4.79 Å². The first-order chi connectivity index (χ1) is 6.81. The van der Waals surface area contributed by atoms with Gasteiger partial charge < -0.3 is 10.6 Å². The molecule has 0 fully saturated rings. The minimum atomic E-state index is 0.108. The van der Waals surface area contributed by atoms with Crippen LogP contribution >= 0.6 is 11.8 Å². The Morgan fingerprint density at radius 2 is 2.07 bits per heavy atom. The number of nitrogens with one attached hydrogen (secondary N) is 2. The summed E-state index contributed by atoms with van der Waals surface area (Å²) in [5.74, 6) is 1.32. The van der Waals surface area contributed by atoms with Crippen LogP contribution in [0.15, 0.2) is 0 Å². The van der Waals surface area contributed by atoms with Gasteiger partial charge in [0.1, 0.15) is 0 Å². The van der Waals surface area contributed by atoms with E-state index in [1.807, 2.05) is 11.8 Å². The van der Waals surface area contributed by atoms with Crippen LogP contribution in [0, 0.1) is 0 Å². The molecule has 0 saturated carbocycles. The molecule has 0 spiro atoms. The van der Waals surface area contributed by atoms with E-state index in [4.69, 9.17) is 0 Å². The van der Waals surface area contributed by atoms with E-state index >= 15 is 0 Å². The van der Waals surface area contributed by atoms with Gasteiger partial charge in [-0.1, -0.05) is 6.92 Å². The van der Waals surface area contributed by atoms with Gasteiger partial charge >= 0.3 is 0 Å². The molecule has 0 bridgehead atoms. The molecule has 0 radical (unpaired) electrons. The van der Waals surface area contributed by atoms with Crippen LogP contribution in [0.25, 0.3) is 0 Å².